The second kappa shape index (κ2) is 3.92. The number of rotatable bonds is 2. The van der Waals surface area contributed by atoms with E-state index in [1.54, 1.807) is 0 Å². The van der Waals surface area contributed by atoms with Gasteiger partial charge in [-0.1, -0.05) is 12.2 Å². The fraction of sp³-hybridized carbons (Fsp3) is 0.700. The topological polar surface area (TPSA) is 46.5 Å². The van der Waals surface area contributed by atoms with Crippen LogP contribution in [0.15, 0.2) is 12.2 Å². The van der Waals surface area contributed by atoms with Crippen LogP contribution in [0.2, 0.25) is 0 Å². The van der Waals surface area contributed by atoms with Crippen molar-refractivity contribution < 1.29 is 14.6 Å². The van der Waals surface area contributed by atoms with E-state index in [4.69, 9.17) is 4.74 Å². The average Bonchev–Trinajstić information content (AvgIpc) is 2.16. The second-order valence-corrected chi connectivity index (χ2v) is 3.71. The zero-order valence-corrected chi connectivity index (χ0v) is 8.01. The third-order valence-corrected chi connectivity index (χ3v) is 2.70. The van der Waals surface area contributed by atoms with Crippen LogP contribution in [0, 0.1) is 5.41 Å². The van der Waals surface area contributed by atoms with Gasteiger partial charge in [-0.2, -0.15) is 0 Å². The minimum atomic E-state index is -0.704. The van der Waals surface area contributed by atoms with Gasteiger partial charge in [-0.25, -0.2) is 0 Å². The molecule has 0 radical (unpaired) electrons. The summed E-state index contributed by atoms with van der Waals surface area (Å²) in [5.74, 6) is -0.309. The summed E-state index contributed by atoms with van der Waals surface area (Å²) in [5, 5.41) is 9.22. The van der Waals surface area contributed by atoms with Crippen molar-refractivity contribution in [2.75, 3.05) is 13.7 Å². The van der Waals surface area contributed by atoms with Gasteiger partial charge in [-0.05, 0) is 25.7 Å². The number of ether oxygens (including phenoxy) is 1. The molecule has 1 aliphatic rings. The summed E-state index contributed by atoms with van der Waals surface area (Å²) in [7, 11) is 1.36. The van der Waals surface area contributed by atoms with E-state index in [9.17, 15) is 9.90 Å². The van der Waals surface area contributed by atoms with E-state index in [2.05, 4.69) is 6.58 Å². The van der Waals surface area contributed by atoms with Crippen molar-refractivity contribution in [2.45, 2.75) is 25.7 Å². The fourth-order valence-electron chi connectivity index (χ4n) is 1.92. The van der Waals surface area contributed by atoms with Gasteiger partial charge in [-0.3, -0.25) is 4.79 Å². The quantitative estimate of drug-likeness (QED) is 0.519. The Kier molecular flexibility index (Phi) is 3.09. The zero-order chi connectivity index (χ0) is 9.90. The molecule has 1 aliphatic carbocycles. The summed E-state index contributed by atoms with van der Waals surface area (Å²) in [6, 6.07) is 0. The van der Waals surface area contributed by atoms with Gasteiger partial charge in [0.2, 0.25) is 0 Å². The van der Waals surface area contributed by atoms with Crippen molar-refractivity contribution in [3.8, 4) is 0 Å². The molecule has 1 rings (SSSR count). The Morgan fingerprint density at radius 1 is 1.77 bits per heavy atom. The van der Waals surface area contributed by atoms with Gasteiger partial charge < -0.3 is 9.84 Å². The van der Waals surface area contributed by atoms with Crippen LogP contribution in [-0.2, 0) is 9.53 Å². The van der Waals surface area contributed by atoms with Gasteiger partial charge in [0.15, 0.2) is 0 Å². The van der Waals surface area contributed by atoms with Crippen LogP contribution in [0.5, 0.6) is 0 Å². The van der Waals surface area contributed by atoms with E-state index in [-0.39, 0.29) is 12.6 Å². The van der Waals surface area contributed by atoms with E-state index >= 15 is 0 Å². The molecular formula is C10H16O3. The highest BCUT2D eigenvalue weighted by Gasteiger charge is 2.41. The number of carbonyl (C=O) groups is 1. The highest BCUT2D eigenvalue weighted by Crippen LogP contribution is 2.38. The van der Waals surface area contributed by atoms with Gasteiger partial charge in [0.05, 0.1) is 19.1 Å². The molecule has 74 valence electrons. The Morgan fingerprint density at radius 2 is 2.46 bits per heavy atom. The Labute approximate surface area is 78.4 Å². The summed E-state index contributed by atoms with van der Waals surface area (Å²) in [4.78, 5) is 11.4. The van der Waals surface area contributed by atoms with Crippen molar-refractivity contribution >= 4 is 5.97 Å². The molecule has 1 atom stereocenters. The molecule has 0 spiro atoms. The number of carbonyl (C=O) groups excluding carboxylic acids is 1. The molecule has 1 unspecified atom stereocenters. The summed E-state index contributed by atoms with van der Waals surface area (Å²) < 4.78 is 4.69. The average molecular weight is 184 g/mol. The van der Waals surface area contributed by atoms with Crippen LogP contribution in [-0.4, -0.2) is 24.8 Å². The zero-order valence-electron chi connectivity index (χ0n) is 8.01. The van der Waals surface area contributed by atoms with Gasteiger partial charge in [0.25, 0.3) is 0 Å². The minimum Gasteiger partial charge on any atom is -0.469 e. The number of aliphatic hydroxyl groups excluding tert-OH is 1. The molecule has 1 saturated carbocycles. The van der Waals surface area contributed by atoms with Crippen molar-refractivity contribution in [3.05, 3.63) is 12.2 Å². The third kappa shape index (κ3) is 1.91. The lowest BCUT2D eigenvalue weighted by Crippen LogP contribution is -2.38. The molecule has 0 aliphatic heterocycles. The fourth-order valence-corrected chi connectivity index (χ4v) is 1.92. The monoisotopic (exact) mass is 184 g/mol. The molecule has 0 bridgehead atoms. The van der Waals surface area contributed by atoms with Crippen molar-refractivity contribution in [1.82, 2.24) is 0 Å². The van der Waals surface area contributed by atoms with Crippen LogP contribution in [0.4, 0.5) is 0 Å². The number of hydrogen-bond acceptors (Lipinski definition) is 3. The first kappa shape index (κ1) is 10.3. The van der Waals surface area contributed by atoms with Crippen LogP contribution in [0.1, 0.15) is 25.7 Å². The summed E-state index contributed by atoms with van der Waals surface area (Å²) >= 11 is 0. The third-order valence-electron chi connectivity index (χ3n) is 2.70. The predicted molar refractivity (Wildman–Crippen MR) is 49.1 cm³/mol. The summed E-state index contributed by atoms with van der Waals surface area (Å²) in [5.41, 5.74) is 0.329. The molecule has 0 heterocycles. The molecule has 13 heavy (non-hydrogen) atoms. The Hall–Kier alpha value is -0.830. The second-order valence-electron chi connectivity index (χ2n) is 3.71. The van der Waals surface area contributed by atoms with E-state index in [1.807, 2.05) is 0 Å². The van der Waals surface area contributed by atoms with E-state index < -0.39 is 5.41 Å². The highest BCUT2D eigenvalue weighted by atomic mass is 16.5. The first-order chi connectivity index (χ1) is 6.14. The minimum absolute atomic E-state index is 0.140. The molecule has 0 aromatic heterocycles. The van der Waals surface area contributed by atoms with E-state index in [1.165, 1.54) is 7.11 Å². The van der Waals surface area contributed by atoms with Crippen LogP contribution in [0.3, 0.4) is 0 Å². The smallest absolute Gasteiger partial charge is 0.314 e. The Morgan fingerprint density at radius 3 is 2.92 bits per heavy atom. The number of aliphatic hydroxyl groups is 1. The number of methoxy groups -OCH3 is 1. The maximum absolute atomic E-state index is 11.4. The van der Waals surface area contributed by atoms with Crippen molar-refractivity contribution in [3.63, 3.8) is 0 Å². The van der Waals surface area contributed by atoms with Gasteiger partial charge in [-0.15, -0.1) is 0 Å². The van der Waals surface area contributed by atoms with Crippen LogP contribution >= 0.6 is 0 Å². The van der Waals surface area contributed by atoms with Crippen molar-refractivity contribution in [2.24, 2.45) is 5.41 Å². The SMILES string of the molecule is C=C1CCCC(CO)(C(=O)OC)C1. The molecule has 3 heteroatoms. The maximum Gasteiger partial charge on any atom is 0.314 e. The summed E-state index contributed by atoms with van der Waals surface area (Å²) in [6.07, 6.45) is 3.14. The van der Waals surface area contributed by atoms with E-state index in [0.29, 0.717) is 12.8 Å². The maximum atomic E-state index is 11.4. The lowest BCUT2D eigenvalue weighted by molar-refractivity contribution is -0.156. The first-order valence-electron chi connectivity index (χ1n) is 4.50. The molecule has 1 N–H and O–H groups in total. The van der Waals surface area contributed by atoms with Crippen LogP contribution in [0.25, 0.3) is 0 Å². The van der Waals surface area contributed by atoms with Gasteiger partial charge in [0.1, 0.15) is 0 Å². The molecule has 1 fully saturated rings. The molecule has 0 amide bonds. The van der Waals surface area contributed by atoms with Crippen LogP contribution < -0.4 is 0 Å². The Bertz CT molecular complexity index is 222. The lowest BCUT2D eigenvalue weighted by atomic mass is 9.73. The standard InChI is InChI=1S/C10H16O3/c1-8-4-3-5-10(6-8,7-11)9(12)13-2/h11H,1,3-7H2,2H3. The molecular weight excluding hydrogens is 168 g/mol. The predicted octanol–water partition coefficient (Wildman–Crippen LogP) is 1.27. The number of hydrogen-bond donors (Lipinski definition) is 1. The lowest BCUT2D eigenvalue weighted by Gasteiger charge is -2.33. The summed E-state index contributed by atoms with van der Waals surface area (Å²) in [6.45, 7) is 3.72. The number of esters is 1. The molecule has 0 aromatic rings. The Balaban J connectivity index is 2.78. The largest absolute Gasteiger partial charge is 0.469 e. The molecule has 3 nitrogen and oxygen atoms in total. The molecule has 0 aromatic carbocycles. The molecule has 0 saturated heterocycles. The first-order valence-corrected chi connectivity index (χ1v) is 4.50. The highest BCUT2D eigenvalue weighted by molar-refractivity contribution is 5.77. The van der Waals surface area contributed by atoms with Crippen molar-refractivity contribution in [1.29, 1.82) is 0 Å². The van der Waals surface area contributed by atoms with Gasteiger partial charge in [0, 0.05) is 0 Å². The van der Waals surface area contributed by atoms with Gasteiger partial charge >= 0.3 is 5.97 Å². The van der Waals surface area contributed by atoms with E-state index in [0.717, 1.165) is 18.4 Å². The number of allylic oxidation sites excluding steroid dienone is 1. The normalized spacial score (nSPS) is 28.6.